The number of piperidine rings is 1. The fourth-order valence-electron chi connectivity index (χ4n) is 4.91. The van der Waals surface area contributed by atoms with Crippen LogP contribution in [0.25, 0.3) is 11.2 Å². The second kappa shape index (κ2) is 9.14. The van der Waals surface area contributed by atoms with E-state index < -0.39 is 0 Å². The normalized spacial score (nSPS) is 14.7. The molecule has 0 saturated carbocycles. The lowest BCUT2D eigenvalue weighted by molar-refractivity contribution is 0.399. The molecule has 0 atom stereocenters. The van der Waals surface area contributed by atoms with Gasteiger partial charge in [-0.25, -0.2) is 4.79 Å². The maximum atomic E-state index is 13.4. The molecule has 2 aromatic heterocycles. The van der Waals surface area contributed by atoms with Crippen molar-refractivity contribution in [2.24, 2.45) is 20.0 Å². The number of fused-ring (bicyclic) bond motifs is 1. The largest absolute Gasteiger partial charge is 0.342 e. The van der Waals surface area contributed by atoms with Gasteiger partial charge in [-0.15, -0.1) is 0 Å². The van der Waals surface area contributed by atoms with Crippen LogP contribution in [-0.2, 0) is 27.1 Å². The Kier molecular flexibility index (Phi) is 6.04. The van der Waals surface area contributed by atoms with Gasteiger partial charge in [0.25, 0.3) is 5.56 Å². The third kappa shape index (κ3) is 4.16. The van der Waals surface area contributed by atoms with E-state index in [0.29, 0.717) is 22.1 Å². The van der Waals surface area contributed by atoms with Gasteiger partial charge in [0.1, 0.15) is 0 Å². The van der Waals surface area contributed by atoms with Gasteiger partial charge in [0.2, 0.25) is 5.95 Å². The summed E-state index contributed by atoms with van der Waals surface area (Å²) in [4.78, 5) is 33.4. The Labute approximate surface area is 202 Å². The van der Waals surface area contributed by atoms with E-state index in [4.69, 9.17) is 16.6 Å². The van der Waals surface area contributed by atoms with Crippen LogP contribution in [-0.4, -0.2) is 31.8 Å². The molecule has 3 heterocycles. The molecule has 0 unspecified atom stereocenters. The van der Waals surface area contributed by atoms with E-state index in [1.807, 2.05) is 23.7 Å². The van der Waals surface area contributed by atoms with Crippen molar-refractivity contribution in [2.45, 2.75) is 25.8 Å². The molecule has 1 saturated heterocycles. The fourth-order valence-corrected chi connectivity index (χ4v) is 5.04. The van der Waals surface area contributed by atoms with Crippen LogP contribution in [0.1, 0.15) is 24.0 Å². The molecule has 0 spiro atoms. The highest BCUT2D eigenvalue weighted by molar-refractivity contribution is 6.30. The molecule has 5 rings (SSSR count). The number of aromatic nitrogens is 4. The van der Waals surface area contributed by atoms with Crippen LogP contribution < -0.4 is 16.1 Å². The van der Waals surface area contributed by atoms with E-state index in [1.165, 1.54) is 14.7 Å². The molecule has 2 aromatic carbocycles. The molecule has 1 fully saturated rings. The van der Waals surface area contributed by atoms with E-state index in [2.05, 4.69) is 35.2 Å². The van der Waals surface area contributed by atoms with Crippen LogP contribution in [0.15, 0.2) is 64.2 Å². The SMILES string of the molecule is Cn1c(N2CCC(Cc3ccccc3)CC2)nc2c1c(=O)n(Cc1ccc(Cl)cc1)c(=O)n2C. The monoisotopic (exact) mass is 477 g/mol. The van der Waals surface area contributed by atoms with Gasteiger partial charge in [0.15, 0.2) is 11.2 Å². The van der Waals surface area contributed by atoms with Crippen LogP contribution >= 0.6 is 11.6 Å². The topological polar surface area (TPSA) is 65.1 Å². The Hall–Kier alpha value is -3.32. The number of imidazole rings is 1. The smallest absolute Gasteiger partial charge is 0.332 e. The molecule has 0 bridgehead atoms. The Morgan fingerprint density at radius 3 is 2.26 bits per heavy atom. The highest BCUT2D eigenvalue weighted by atomic mass is 35.5. The molecule has 0 amide bonds. The number of aryl methyl sites for hydroxylation is 2. The number of hydrogen-bond acceptors (Lipinski definition) is 4. The van der Waals surface area contributed by atoms with E-state index in [9.17, 15) is 9.59 Å². The molecule has 1 aliphatic rings. The van der Waals surface area contributed by atoms with E-state index in [0.717, 1.165) is 43.9 Å². The maximum absolute atomic E-state index is 13.4. The predicted molar refractivity (Wildman–Crippen MR) is 136 cm³/mol. The molecular formula is C26H28ClN5O2. The predicted octanol–water partition coefficient (Wildman–Crippen LogP) is 3.59. The lowest BCUT2D eigenvalue weighted by Gasteiger charge is -2.32. The highest BCUT2D eigenvalue weighted by Crippen LogP contribution is 2.26. The summed E-state index contributed by atoms with van der Waals surface area (Å²) in [6.45, 7) is 1.94. The van der Waals surface area contributed by atoms with Crippen molar-refractivity contribution in [3.05, 3.63) is 91.6 Å². The molecule has 34 heavy (non-hydrogen) atoms. The van der Waals surface area contributed by atoms with Crippen molar-refractivity contribution in [1.82, 2.24) is 18.7 Å². The van der Waals surface area contributed by atoms with E-state index in [1.54, 1.807) is 19.2 Å². The first-order valence-corrected chi connectivity index (χ1v) is 12.0. The van der Waals surface area contributed by atoms with Gasteiger partial charge in [0.05, 0.1) is 6.54 Å². The average Bonchev–Trinajstić information content (AvgIpc) is 3.20. The van der Waals surface area contributed by atoms with Gasteiger partial charge >= 0.3 is 5.69 Å². The summed E-state index contributed by atoms with van der Waals surface area (Å²) in [5, 5.41) is 0.614. The van der Waals surface area contributed by atoms with Gasteiger partial charge in [-0.05, 0) is 48.4 Å². The van der Waals surface area contributed by atoms with Crippen molar-refractivity contribution in [3.63, 3.8) is 0 Å². The number of anilines is 1. The number of hydrogen-bond donors (Lipinski definition) is 0. The van der Waals surface area contributed by atoms with Gasteiger partial charge in [0, 0.05) is 32.2 Å². The fraction of sp³-hybridized carbons (Fsp3) is 0.346. The van der Waals surface area contributed by atoms with Crippen LogP contribution in [0.5, 0.6) is 0 Å². The summed E-state index contributed by atoms with van der Waals surface area (Å²) in [6.07, 6.45) is 3.22. The lowest BCUT2D eigenvalue weighted by atomic mass is 9.90. The van der Waals surface area contributed by atoms with E-state index in [-0.39, 0.29) is 17.8 Å². The highest BCUT2D eigenvalue weighted by Gasteiger charge is 2.25. The summed E-state index contributed by atoms with van der Waals surface area (Å²) >= 11 is 5.98. The van der Waals surface area contributed by atoms with Crippen LogP contribution in [0.3, 0.4) is 0 Å². The minimum Gasteiger partial charge on any atom is -0.342 e. The van der Waals surface area contributed by atoms with Crippen LogP contribution in [0.2, 0.25) is 5.02 Å². The number of nitrogens with zero attached hydrogens (tertiary/aromatic N) is 5. The molecule has 0 N–H and O–H groups in total. The Balaban J connectivity index is 1.42. The van der Waals surface area contributed by atoms with Crippen molar-refractivity contribution < 1.29 is 0 Å². The molecule has 7 nitrogen and oxygen atoms in total. The Morgan fingerprint density at radius 1 is 0.912 bits per heavy atom. The first-order valence-electron chi connectivity index (χ1n) is 11.6. The summed E-state index contributed by atoms with van der Waals surface area (Å²) < 4.78 is 4.58. The zero-order valence-corrected chi connectivity index (χ0v) is 20.2. The summed E-state index contributed by atoms with van der Waals surface area (Å²) in [5.41, 5.74) is 2.38. The molecular weight excluding hydrogens is 450 g/mol. The minimum absolute atomic E-state index is 0.185. The third-order valence-corrected chi connectivity index (χ3v) is 7.11. The summed E-state index contributed by atoms with van der Waals surface area (Å²) in [7, 11) is 3.53. The average molecular weight is 478 g/mol. The number of benzene rings is 2. The van der Waals surface area contributed by atoms with E-state index >= 15 is 0 Å². The molecule has 0 radical (unpaired) electrons. The maximum Gasteiger partial charge on any atom is 0.332 e. The summed E-state index contributed by atoms with van der Waals surface area (Å²) in [6, 6.07) is 17.8. The van der Waals surface area contributed by atoms with Crippen molar-refractivity contribution >= 4 is 28.7 Å². The Morgan fingerprint density at radius 2 is 1.59 bits per heavy atom. The first kappa shape index (κ1) is 22.5. The van der Waals surface area contributed by atoms with Crippen molar-refractivity contribution in [3.8, 4) is 0 Å². The van der Waals surface area contributed by atoms with Gasteiger partial charge < -0.3 is 9.47 Å². The second-order valence-electron chi connectivity index (χ2n) is 9.12. The minimum atomic E-state index is -0.376. The molecule has 4 aromatic rings. The van der Waals surface area contributed by atoms with Gasteiger partial charge in [-0.2, -0.15) is 4.98 Å². The third-order valence-electron chi connectivity index (χ3n) is 6.85. The van der Waals surface area contributed by atoms with Crippen molar-refractivity contribution in [1.29, 1.82) is 0 Å². The number of halogens is 1. The molecule has 176 valence electrons. The standard InChI is InChI=1S/C26H28ClN5O2/c1-29-22-23(30(2)26(34)32(24(22)33)17-20-8-10-21(27)11-9-20)28-25(29)31-14-12-19(13-15-31)16-18-6-4-3-5-7-18/h3-11,19H,12-17H2,1-2H3. The second-order valence-corrected chi connectivity index (χ2v) is 9.56. The number of rotatable bonds is 5. The molecule has 8 heteroatoms. The zero-order chi connectivity index (χ0) is 23.8. The van der Waals surface area contributed by atoms with Crippen LogP contribution in [0, 0.1) is 5.92 Å². The Bertz CT molecular complexity index is 1430. The lowest BCUT2D eigenvalue weighted by Crippen LogP contribution is -2.39. The molecule has 1 aliphatic heterocycles. The van der Waals surface area contributed by atoms with Gasteiger partial charge in [-0.3, -0.25) is 13.9 Å². The summed E-state index contributed by atoms with van der Waals surface area (Å²) in [5.74, 6) is 1.37. The molecule has 0 aliphatic carbocycles. The first-order chi connectivity index (χ1) is 16.4. The zero-order valence-electron chi connectivity index (χ0n) is 19.4. The van der Waals surface area contributed by atoms with Crippen molar-refractivity contribution in [2.75, 3.05) is 18.0 Å². The van der Waals surface area contributed by atoms with Gasteiger partial charge in [-0.1, -0.05) is 54.1 Å². The van der Waals surface area contributed by atoms with Crippen LogP contribution in [0.4, 0.5) is 5.95 Å². The quantitative estimate of drug-likeness (QED) is 0.440.